The maximum Gasteiger partial charge on any atom is 0.222 e. The van der Waals surface area contributed by atoms with Gasteiger partial charge in [0.15, 0.2) is 0 Å². The molecule has 3 heterocycles. The highest BCUT2D eigenvalue weighted by Crippen LogP contribution is 2.23. The minimum atomic E-state index is 0.354. The van der Waals surface area contributed by atoms with Crippen LogP contribution in [-0.2, 0) is 17.8 Å². The fraction of sp³-hybridized carbons (Fsp3) is 0.500. The maximum absolute atomic E-state index is 11.9. The van der Waals surface area contributed by atoms with Crippen molar-refractivity contribution >= 4 is 5.91 Å². The molecule has 5 nitrogen and oxygen atoms in total. The van der Waals surface area contributed by atoms with Crippen LogP contribution in [0.15, 0.2) is 48.7 Å². The summed E-state index contributed by atoms with van der Waals surface area (Å²) in [6.45, 7) is 4.66. The van der Waals surface area contributed by atoms with Gasteiger partial charge in [-0.2, -0.15) is 0 Å². The quantitative estimate of drug-likeness (QED) is 0.642. The molecule has 2 aliphatic heterocycles. The monoisotopic (exact) mass is 393 g/mol. The largest absolute Gasteiger partial charge is 0.478 e. The zero-order valence-corrected chi connectivity index (χ0v) is 17.1. The summed E-state index contributed by atoms with van der Waals surface area (Å²) >= 11 is 0. The van der Waals surface area contributed by atoms with Gasteiger partial charge in [-0.15, -0.1) is 0 Å². The topological polar surface area (TPSA) is 45.7 Å². The second-order valence-electron chi connectivity index (χ2n) is 8.14. The molecule has 154 valence electrons. The standard InChI is InChI=1S/C24H31N3O2/c28-24-9-4-14-27(24)22-12-15-26(16-13-22)19-21-10-11-23(25-18-21)29-17-5-8-20-6-2-1-3-7-20/h1-3,6-7,10-11,18,22H,4-5,8-9,12-17,19H2. The number of pyridine rings is 1. The molecule has 2 saturated heterocycles. The van der Waals surface area contributed by atoms with Crippen LogP contribution in [0, 0.1) is 0 Å². The Morgan fingerprint density at radius 2 is 1.83 bits per heavy atom. The van der Waals surface area contributed by atoms with Crippen molar-refractivity contribution in [3.63, 3.8) is 0 Å². The number of carbonyl (C=O) groups excluding carboxylic acids is 1. The fourth-order valence-corrected chi connectivity index (χ4v) is 4.39. The number of carbonyl (C=O) groups is 1. The lowest BCUT2D eigenvalue weighted by Crippen LogP contribution is -2.45. The van der Waals surface area contributed by atoms with Crippen molar-refractivity contribution in [3.8, 4) is 5.88 Å². The van der Waals surface area contributed by atoms with Gasteiger partial charge in [0.1, 0.15) is 0 Å². The van der Waals surface area contributed by atoms with Crippen LogP contribution in [0.1, 0.15) is 43.2 Å². The average molecular weight is 394 g/mol. The highest BCUT2D eigenvalue weighted by atomic mass is 16.5. The van der Waals surface area contributed by atoms with Crippen molar-refractivity contribution in [2.45, 2.75) is 51.1 Å². The number of piperidine rings is 1. The lowest BCUT2D eigenvalue weighted by Gasteiger charge is -2.36. The normalized spacial score (nSPS) is 18.3. The van der Waals surface area contributed by atoms with E-state index < -0.39 is 0 Å². The number of amides is 1. The number of ether oxygens (including phenoxy) is 1. The second-order valence-corrected chi connectivity index (χ2v) is 8.14. The number of rotatable bonds is 8. The van der Waals surface area contributed by atoms with E-state index in [1.165, 1.54) is 11.1 Å². The Balaban J connectivity index is 1.16. The summed E-state index contributed by atoms with van der Waals surface area (Å²) < 4.78 is 5.79. The summed E-state index contributed by atoms with van der Waals surface area (Å²) in [6, 6.07) is 15.0. The summed E-state index contributed by atoms with van der Waals surface area (Å²) in [5.74, 6) is 1.06. The first-order chi connectivity index (χ1) is 14.3. The van der Waals surface area contributed by atoms with Gasteiger partial charge >= 0.3 is 0 Å². The van der Waals surface area contributed by atoms with E-state index in [1.807, 2.05) is 18.3 Å². The van der Waals surface area contributed by atoms with Gasteiger partial charge in [-0.3, -0.25) is 9.69 Å². The van der Waals surface area contributed by atoms with E-state index >= 15 is 0 Å². The molecule has 1 amide bonds. The third-order valence-electron chi connectivity index (χ3n) is 6.01. The molecule has 2 fully saturated rings. The molecule has 29 heavy (non-hydrogen) atoms. The number of benzene rings is 1. The smallest absolute Gasteiger partial charge is 0.222 e. The number of hydrogen-bond acceptors (Lipinski definition) is 4. The molecular weight excluding hydrogens is 362 g/mol. The molecule has 0 radical (unpaired) electrons. The molecule has 2 aromatic rings. The Kier molecular flexibility index (Phi) is 6.78. The van der Waals surface area contributed by atoms with Crippen molar-refractivity contribution in [1.29, 1.82) is 0 Å². The molecule has 0 N–H and O–H groups in total. The highest BCUT2D eigenvalue weighted by Gasteiger charge is 2.30. The predicted octanol–water partition coefficient (Wildman–Crippen LogP) is 3.68. The number of likely N-dealkylation sites (tertiary alicyclic amines) is 2. The van der Waals surface area contributed by atoms with Gasteiger partial charge < -0.3 is 9.64 Å². The van der Waals surface area contributed by atoms with Gasteiger partial charge in [-0.25, -0.2) is 4.98 Å². The molecule has 0 aliphatic carbocycles. The van der Waals surface area contributed by atoms with E-state index in [9.17, 15) is 4.79 Å². The summed E-state index contributed by atoms with van der Waals surface area (Å²) in [7, 11) is 0. The van der Waals surface area contributed by atoms with E-state index in [0.717, 1.165) is 64.7 Å². The summed E-state index contributed by atoms with van der Waals surface area (Å²) in [4.78, 5) is 21.0. The third-order valence-corrected chi connectivity index (χ3v) is 6.01. The molecule has 2 aliphatic rings. The van der Waals surface area contributed by atoms with E-state index in [-0.39, 0.29) is 0 Å². The molecule has 0 unspecified atom stereocenters. The number of hydrogen-bond donors (Lipinski definition) is 0. The van der Waals surface area contributed by atoms with Crippen LogP contribution in [0.2, 0.25) is 0 Å². The Labute approximate surface area is 173 Å². The minimum absolute atomic E-state index is 0.354. The van der Waals surface area contributed by atoms with Crippen molar-refractivity contribution in [2.24, 2.45) is 0 Å². The second kappa shape index (κ2) is 9.88. The van der Waals surface area contributed by atoms with E-state index in [1.54, 1.807) is 0 Å². The Morgan fingerprint density at radius 3 is 2.52 bits per heavy atom. The van der Waals surface area contributed by atoms with E-state index in [0.29, 0.717) is 24.4 Å². The minimum Gasteiger partial charge on any atom is -0.478 e. The molecule has 5 heteroatoms. The van der Waals surface area contributed by atoms with Crippen LogP contribution in [-0.4, -0.2) is 53.0 Å². The summed E-state index contributed by atoms with van der Waals surface area (Å²) in [5.41, 5.74) is 2.56. The van der Waals surface area contributed by atoms with E-state index in [4.69, 9.17) is 4.74 Å². The molecule has 1 aromatic carbocycles. The Bertz CT molecular complexity index is 770. The van der Waals surface area contributed by atoms with Crippen LogP contribution in [0.25, 0.3) is 0 Å². The molecule has 0 saturated carbocycles. The third kappa shape index (κ3) is 5.57. The molecule has 0 bridgehead atoms. The van der Waals surface area contributed by atoms with Gasteiger partial charge in [-0.1, -0.05) is 36.4 Å². The van der Waals surface area contributed by atoms with Crippen LogP contribution >= 0.6 is 0 Å². The number of nitrogens with zero attached hydrogens (tertiary/aromatic N) is 3. The molecule has 0 spiro atoms. The maximum atomic E-state index is 11.9. The van der Waals surface area contributed by atoms with Crippen LogP contribution in [0.4, 0.5) is 0 Å². The first kappa shape index (κ1) is 19.9. The van der Waals surface area contributed by atoms with Crippen LogP contribution < -0.4 is 4.74 Å². The van der Waals surface area contributed by atoms with Crippen molar-refractivity contribution < 1.29 is 9.53 Å². The molecular formula is C24H31N3O2. The number of aromatic nitrogens is 1. The van der Waals surface area contributed by atoms with Gasteiger partial charge in [0.05, 0.1) is 6.61 Å². The first-order valence-electron chi connectivity index (χ1n) is 10.9. The van der Waals surface area contributed by atoms with Crippen molar-refractivity contribution in [3.05, 3.63) is 59.8 Å². The fourth-order valence-electron chi connectivity index (χ4n) is 4.39. The van der Waals surface area contributed by atoms with Gasteiger partial charge in [0.25, 0.3) is 0 Å². The van der Waals surface area contributed by atoms with Crippen LogP contribution in [0.5, 0.6) is 5.88 Å². The SMILES string of the molecule is O=C1CCCN1C1CCN(Cc2ccc(OCCCc3ccccc3)nc2)CC1. The first-order valence-corrected chi connectivity index (χ1v) is 10.9. The van der Waals surface area contributed by atoms with Gasteiger partial charge in [0, 0.05) is 50.9 Å². The van der Waals surface area contributed by atoms with Crippen LogP contribution in [0.3, 0.4) is 0 Å². The number of aryl methyl sites for hydroxylation is 1. The molecule has 1 aromatic heterocycles. The molecule has 4 rings (SSSR count). The lowest BCUT2D eigenvalue weighted by atomic mass is 10.0. The van der Waals surface area contributed by atoms with Gasteiger partial charge in [-0.05, 0) is 43.2 Å². The Morgan fingerprint density at radius 1 is 1.00 bits per heavy atom. The van der Waals surface area contributed by atoms with Crippen molar-refractivity contribution in [1.82, 2.24) is 14.8 Å². The van der Waals surface area contributed by atoms with Crippen molar-refractivity contribution in [2.75, 3.05) is 26.2 Å². The average Bonchev–Trinajstić information content (AvgIpc) is 3.19. The summed E-state index contributed by atoms with van der Waals surface area (Å²) in [6.07, 6.45) is 7.89. The van der Waals surface area contributed by atoms with E-state index in [2.05, 4.69) is 45.1 Å². The molecule has 0 atom stereocenters. The zero-order valence-electron chi connectivity index (χ0n) is 17.1. The van der Waals surface area contributed by atoms with Gasteiger partial charge in [0.2, 0.25) is 11.8 Å². The predicted molar refractivity (Wildman–Crippen MR) is 114 cm³/mol. The highest BCUT2D eigenvalue weighted by molar-refractivity contribution is 5.78. The Hall–Kier alpha value is -2.40. The lowest BCUT2D eigenvalue weighted by molar-refractivity contribution is -0.130. The summed E-state index contributed by atoms with van der Waals surface area (Å²) in [5, 5.41) is 0. The zero-order chi connectivity index (χ0) is 19.9.